The molecule has 0 aliphatic rings. The number of aromatic carboxylic acids is 1. The number of carboxylic acids is 1. The minimum absolute atomic E-state index is 0.0838. The molecule has 1 aromatic rings. The number of carbonyl (C=O) groups is 1. The predicted molar refractivity (Wildman–Crippen MR) is 78.3 cm³/mol. The van der Waals surface area contributed by atoms with Crippen LogP contribution in [0.1, 0.15) is 61.9 Å². The molecule has 1 aromatic heterocycles. The minimum Gasteiger partial charge on any atom is -0.475 e. The lowest BCUT2D eigenvalue weighted by Gasteiger charge is -2.03. The van der Waals surface area contributed by atoms with Crippen LogP contribution < -0.4 is 4.74 Å². The zero-order valence-corrected chi connectivity index (χ0v) is 12.0. The molecule has 0 aromatic carbocycles. The fourth-order valence-corrected chi connectivity index (χ4v) is 1.96. The first-order chi connectivity index (χ1) is 9.74. The van der Waals surface area contributed by atoms with Crippen LogP contribution in [-0.4, -0.2) is 17.7 Å². The van der Waals surface area contributed by atoms with Gasteiger partial charge in [-0.1, -0.05) is 38.2 Å². The van der Waals surface area contributed by atoms with E-state index < -0.39 is 5.97 Å². The van der Waals surface area contributed by atoms with E-state index in [9.17, 15) is 4.79 Å². The van der Waals surface area contributed by atoms with Crippen molar-refractivity contribution in [3.8, 4) is 5.95 Å². The SMILES string of the molecule is C=CCCCCCCCCCOc1ccc(C(=O)O)o1. The van der Waals surface area contributed by atoms with Crippen LogP contribution in [0.2, 0.25) is 0 Å². The van der Waals surface area contributed by atoms with Gasteiger partial charge in [0.25, 0.3) is 5.95 Å². The van der Waals surface area contributed by atoms with Crippen molar-refractivity contribution in [2.24, 2.45) is 0 Å². The van der Waals surface area contributed by atoms with Crippen LogP contribution in [0.15, 0.2) is 29.2 Å². The largest absolute Gasteiger partial charge is 0.475 e. The molecule has 0 aliphatic carbocycles. The summed E-state index contributed by atoms with van der Waals surface area (Å²) in [6, 6.07) is 2.95. The van der Waals surface area contributed by atoms with Gasteiger partial charge >= 0.3 is 5.97 Å². The van der Waals surface area contributed by atoms with Crippen molar-refractivity contribution in [1.29, 1.82) is 0 Å². The maximum Gasteiger partial charge on any atom is 0.371 e. The van der Waals surface area contributed by atoms with Gasteiger partial charge in [-0.2, -0.15) is 0 Å². The Hall–Kier alpha value is -1.71. The first-order valence-corrected chi connectivity index (χ1v) is 7.31. The van der Waals surface area contributed by atoms with Crippen LogP contribution in [0, 0.1) is 0 Å². The molecule has 0 atom stereocenters. The highest BCUT2D eigenvalue weighted by Crippen LogP contribution is 2.16. The number of carboxylic acid groups (broad SMARTS) is 1. The molecule has 0 saturated heterocycles. The van der Waals surface area contributed by atoms with E-state index in [0.29, 0.717) is 6.61 Å². The molecule has 1 rings (SSSR count). The van der Waals surface area contributed by atoms with Gasteiger partial charge < -0.3 is 14.3 Å². The molecular formula is C16H24O4. The molecule has 0 bridgehead atoms. The average molecular weight is 280 g/mol. The molecule has 0 radical (unpaired) electrons. The first kappa shape index (κ1) is 16.3. The number of unbranched alkanes of at least 4 members (excludes halogenated alkanes) is 7. The lowest BCUT2D eigenvalue weighted by atomic mass is 10.1. The van der Waals surface area contributed by atoms with Gasteiger partial charge in [-0.05, 0) is 25.3 Å². The topological polar surface area (TPSA) is 59.7 Å². The third-order valence-electron chi connectivity index (χ3n) is 3.09. The molecule has 20 heavy (non-hydrogen) atoms. The second-order valence-electron chi connectivity index (χ2n) is 4.82. The summed E-state index contributed by atoms with van der Waals surface area (Å²) in [7, 11) is 0. The normalized spacial score (nSPS) is 10.4. The summed E-state index contributed by atoms with van der Waals surface area (Å²) in [4.78, 5) is 10.6. The molecule has 0 amide bonds. The van der Waals surface area contributed by atoms with E-state index in [4.69, 9.17) is 14.3 Å². The number of allylic oxidation sites excluding steroid dienone is 1. The summed E-state index contributed by atoms with van der Waals surface area (Å²) >= 11 is 0. The van der Waals surface area contributed by atoms with Gasteiger partial charge in [0.2, 0.25) is 5.76 Å². The van der Waals surface area contributed by atoms with Crippen LogP contribution in [0.5, 0.6) is 5.95 Å². The van der Waals surface area contributed by atoms with Gasteiger partial charge in [0.05, 0.1) is 6.61 Å². The van der Waals surface area contributed by atoms with E-state index in [1.807, 2.05) is 6.08 Å². The van der Waals surface area contributed by atoms with Gasteiger partial charge in [0.1, 0.15) is 0 Å². The number of ether oxygens (including phenoxy) is 1. The van der Waals surface area contributed by atoms with Crippen LogP contribution in [0.25, 0.3) is 0 Å². The van der Waals surface area contributed by atoms with E-state index in [0.717, 1.165) is 19.3 Å². The lowest BCUT2D eigenvalue weighted by Crippen LogP contribution is -1.96. The Kier molecular flexibility index (Phi) is 8.27. The van der Waals surface area contributed by atoms with Crippen molar-refractivity contribution in [1.82, 2.24) is 0 Å². The maximum atomic E-state index is 10.6. The van der Waals surface area contributed by atoms with Gasteiger partial charge in [-0.3, -0.25) is 0 Å². The Morgan fingerprint density at radius 3 is 2.40 bits per heavy atom. The fourth-order valence-electron chi connectivity index (χ4n) is 1.96. The van der Waals surface area contributed by atoms with Gasteiger partial charge in [-0.25, -0.2) is 4.79 Å². The fraction of sp³-hybridized carbons (Fsp3) is 0.562. The Morgan fingerprint density at radius 1 is 1.15 bits per heavy atom. The smallest absolute Gasteiger partial charge is 0.371 e. The van der Waals surface area contributed by atoms with E-state index in [1.54, 1.807) is 6.07 Å². The second-order valence-corrected chi connectivity index (χ2v) is 4.82. The minimum atomic E-state index is -1.07. The number of furan rings is 1. The third kappa shape index (κ3) is 7.02. The van der Waals surface area contributed by atoms with Gasteiger partial charge in [-0.15, -0.1) is 6.58 Å². The summed E-state index contributed by atoms with van der Waals surface area (Å²) in [6.45, 7) is 4.28. The molecule has 0 spiro atoms. The number of hydrogen-bond acceptors (Lipinski definition) is 3. The highest BCUT2D eigenvalue weighted by atomic mass is 16.6. The highest BCUT2D eigenvalue weighted by Gasteiger charge is 2.09. The summed E-state index contributed by atoms with van der Waals surface area (Å²) in [5.41, 5.74) is 0. The summed E-state index contributed by atoms with van der Waals surface area (Å²) < 4.78 is 10.4. The van der Waals surface area contributed by atoms with Crippen molar-refractivity contribution in [3.63, 3.8) is 0 Å². The van der Waals surface area contributed by atoms with Crippen molar-refractivity contribution in [2.45, 2.75) is 51.4 Å². The molecule has 4 nitrogen and oxygen atoms in total. The molecule has 0 aliphatic heterocycles. The molecule has 4 heteroatoms. The van der Waals surface area contributed by atoms with E-state index in [-0.39, 0.29) is 11.7 Å². The van der Waals surface area contributed by atoms with Crippen molar-refractivity contribution >= 4 is 5.97 Å². The Bertz CT molecular complexity index is 395. The molecule has 0 saturated carbocycles. The molecule has 1 heterocycles. The van der Waals surface area contributed by atoms with Gasteiger partial charge in [0, 0.05) is 6.07 Å². The molecule has 112 valence electrons. The van der Waals surface area contributed by atoms with Crippen molar-refractivity contribution in [2.75, 3.05) is 6.61 Å². The van der Waals surface area contributed by atoms with Crippen molar-refractivity contribution < 1.29 is 19.1 Å². The number of hydrogen-bond donors (Lipinski definition) is 1. The second kappa shape index (κ2) is 10.1. The molecular weight excluding hydrogens is 256 g/mol. The molecule has 1 N–H and O–H groups in total. The van der Waals surface area contributed by atoms with Crippen LogP contribution in [0.4, 0.5) is 0 Å². The number of rotatable bonds is 12. The van der Waals surface area contributed by atoms with Crippen LogP contribution >= 0.6 is 0 Å². The Morgan fingerprint density at radius 2 is 1.80 bits per heavy atom. The van der Waals surface area contributed by atoms with E-state index in [2.05, 4.69) is 6.58 Å². The lowest BCUT2D eigenvalue weighted by molar-refractivity contribution is 0.0653. The Balaban J connectivity index is 1.94. The third-order valence-corrected chi connectivity index (χ3v) is 3.09. The zero-order valence-electron chi connectivity index (χ0n) is 12.0. The molecule has 0 unspecified atom stereocenters. The van der Waals surface area contributed by atoms with E-state index >= 15 is 0 Å². The highest BCUT2D eigenvalue weighted by molar-refractivity contribution is 5.84. The quantitative estimate of drug-likeness (QED) is 0.446. The maximum absolute atomic E-state index is 10.6. The first-order valence-electron chi connectivity index (χ1n) is 7.31. The van der Waals surface area contributed by atoms with Crippen LogP contribution in [0.3, 0.4) is 0 Å². The Labute approximate surface area is 120 Å². The standard InChI is InChI=1S/C16H24O4/c1-2-3-4-5-6-7-8-9-10-13-19-15-12-11-14(20-15)16(17)18/h2,11-12H,1,3-10,13H2,(H,17,18). The van der Waals surface area contributed by atoms with Crippen molar-refractivity contribution in [3.05, 3.63) is 30.5 Å². The summed E-state index contributed by atoms with van der Waals surface area (Å²) in [5, 5.41) is 8.69. The predicted octanol–water partition coefficient (Wildman–Crippen LogP) is 4.66. The monoisotopic (exact) mass is 280 g/mol. The van der Waals surface area contributed by atoms with E-state index in [1.165, 1.54) is 38.2 Å². The molecule has 0 fully saturated rings. The summed E-state index contributed by atoms with van der Waals surface area (Å²) in [6.07, 6.45) is 11.5. The van der Waals surface area contributed by atoms with Crippen LogP contribution in [-0.2, 0) is 0 Å². The summed E-state index contributed by atoms with van der Waals surface area (Å²) in [5.74, 6) is -0.873. The van der Waals surface area contributed by atoms with Gasteiger partial charge in [0.15, 0.2) is 0 Å². The average Bonchev–Trinajstić information content (AvgIpc) is 2.90. The zero-order chi connectivity index (χ0) is 14.6.